The molecule has 0 aliphatic carbocycles. The first-order valence-corrected chi connectivity index (χ1v) is 12.1. The van der Waals surface area contributed by atoms with Crippen LogP contribution in [0.4, 0.5) is 22.1 Å². The third-order valence-corrected chi connectivity index (χ3v) is 6.32. The lowest BCUT2D eigenvalue weighted by Crippen LogP contribution is -2.49. The van der Waals surface area contributed by atoms with Crippen LogP contribution in [0.5, 0.6) is 5.75 Å². The highest BCUT2D eigenvalue weighted by atomic mass is 35.5. The highest BCUT2D eigenvalue weighted by Gasteiger charge is 2.33. The number of likely N-dealkylation sites (tertiary alicyclic amines) is 1. The van der Waals surface area contributed by atoms with Crippen molar-refractivity contribution in [3.8, 4) is 5.75 Å². The summed E-state index contributed by atoms with van der Waals surface area (Å²) in [6.07, 6.45) is 2.73. The number of benzene rings is 1. The number of amides is 2. The Morgan fingerprint density at radius 2 is 1.94 bits per heavy atom. The highest BCUT2D eigenvalue weighted by molar-refractivity contribution is 6.33. The molecule has 1 N–H and O–H groups in total. The standard InChI is InChI=1S/C24H31ClN6O4/c1-15(2)35-24(33)30-9-7-17(8-10-30)31-11-12-34-20-21(26-14-27-22(20)31)28-19-6-5-16(13-18(19)25)23(32)29(3)4/h5-6,13-15,17H,7-12H2,1-4H3,(H,26,27,28). The number of piperidine rings is 1. The molecule has 1 aromatic carbocycles. The lowest BCUT2D eigenvalue weighted by molar-refractivity contribution is 0.0687. The van der Waals surface area contributed by atoms with Gasteiger partial charge >= 0.3 is 6.09 Å². The molecule has 0 saturated carbocycles. The van der Waals surface area contributed by atoms with Crippen LogP contribution in [0.2, 0.25) is 5.02 Å². The number of carbonyl (C=O) groups excluding carboxylic acids is 2. The van der Waals surface area contributed by atoms with Gasteiger partial charge in [-0.2, -0.15) is 0 Å². The second-order valence-electron chi connectivity index (χ2n) is 9.09. The number of carbonyl (C=O) groups is 2. The number of aromatic nitrogens is 2. The maximum Gasteiger partial charge on any atom is 0.410 e. The largest absolute Gasteiger partial charge is 0.485 e. The van der Waals surface area contributed by atoms with Crippen molar-refractivity contribution in [3.63, 3.8) is 0 Å². The van der Waals surface area contributed by atoms with Gasteiger partial charge in [-0.15, -0.1) is 0 Å². The Hall–Kier alpha value is -3.27. The molecule has 2 aromatic rings. The smallest absolute Gasteiger partial charge is 0.410 e. The first-order chi connectivity index (χ1) is 16.7. The van der Waals surface area contributed by atoms with Crippen molar-refractivity contribution in [1.29, 1.82) is 0 Å². The third-order valence-electron chi connectivity index (χ3n) is 6.01. The molecule has 0 atom stereocenters. The molecule has 1 aromatic heterocycles. The first-order valence-electron chi connectivity index (χ1n) is 11.7. The number of ether oxygens (including phenoxy) is 2. The average Bonchev–Trinajstić information content (AvgIpc) is 2.84. The maximum atomic E-state index is 12.2. The lowest BCUT2D eigenvalue weighted by Gasteiger charge is -2.41. The van der Waals surface area contributed by atoms with E-state index in [1.807, 2.05) is 13.8 Å². The van der Waals surface area contributed by atoms with Gasteiger partial charge in [-0.25, -0.2) is 14.8 Å². The summed E-state index contributed by atoms with van der Waals surface area (Å²) in [6, 6.07) is 5.32. The number of nitrogens with zero attached hydrogens (tertiary/aromatic N) is 5. The minimum Gasteiger partial charge on any atom is -0.485 e. The van der Waals surface area contributed by atoms with E-state index < -0.39 is 0 Å². The van der Waals surface area contributed by atoms with Gasteiger partial charge < -0.3 is 29.5 Å². The van der Waals surface area contributed by atoms with Gasteiger partial charge in [0.1, 0.15) is 12.9 Å². The molecule has 2 aliphatic rings. The SMILES string of the molecule is CC(C)OC(=O)N1CCC(N2CCOc3c(Nc4ccc(C(=O)N(C)C)cc4Cl)ncnc32)CC1. The number of hydrogen-bond acceptors (Lipinski definition) is 8. The van der Waals surface area contributed by atoms with E-state index in [2.05, 4.69) is 20.2 Å². The van der Waals surface area contributed by atoms with Crippen LogP contribution in [0.1, 0.15) is 37.0 Å². The van der Waals surface area contributed by atoms with Gasteiger partial charge in [-0.3, -0.25) is 4.79 Å². The Balaban J connectivity index is 1.49. The molecule has 2 amide bonds. The zero-order chi connectivity index (χ0) is 25.1. The van der Waals surface area contributed by atoms with Crippen LogP contribution in [-0.2, 0) is 4.74 Å². The number of hydrogen-bond donors (Lipinski definition) is 1. The summed E-state index contributed by atoms with van der Waals surface area (Å²) >= 11 is 6.46. The van der Waals surface area contributed by atoms with Gasteiger partial charge in [0.2, 0.25) is 5.75 Å². The van der Waals surface area contributed by atoms with E-state index in [-0.39, 0.29) is 24.1 Å². The fourth-order valence-corrected chi connectivity index (χ4v) is 4.50. The van der Waals surface area contributed by atoms with E-state index in [0.29, 0.717) is 59.9 Å². The normalized spacial score (nSPS) is 15.9. The molecule has 10 nitrogen and oxygen atoms in total. The van der Waals surface area contributed by atoms with Gasteiger partial charge in [0.05, 0.1) is 23.4 Å². The average molecular weight is 503 g/mol. The number of rotatable bonds is 5. The fraction of sp³-hybridized carbons (Fsp3) is 0.500. The Bertz CT molecular complexity index is 1090. The van der Waals surface area contributed by atoms with Crippen molar-refractivity contribution in [2.45, 2.75) is 38.8 Å². The van der Waals surface area contributed by atoms with Gasteiger partial charge in [0.25, 0.3) is 5.91 Å². The van der Waals surface area contributed by atoms with Gasteiger partial charge in [-0.05, 0) is 44.9 Å². The van der Waals surface area contributed by atoms with Gasteiger partial charge in [0.15, 0.2) is 11.6 Å². The van der Waals surface area contributed by atoms with E-state index in [0.717, 1.165) is 12.8 Å². The lowest BCUT2D eigenvalue weighted by atomic mass is 10.0. The van der Waals surface area contributed by atoms with Crippen molar-refractivity contribution in [2.24, 2.45) is 0 Å². The fourth-order valence-electron chi connectivity index (χ4n) is 4.27. The molecule has 3 heterocycles. The summed E-state index contributed by atoms with van der Waals surface area (Å²) in [4.78, 5) is 38.8. The van der Waals surface area contributed by atoms with Crippen molar-refractivity contribution in [2.75, 3.05) is 50.6 Å². The van der Waals surface area contributed by atoms with Crippen molar-refractivity contribution in [1.82, 2.24) is 19.8 Å². The summed E-state index contributed by atoms with van der Waals surface area (Å²) in [6.45, 7) is 6.16. The first kappa shape index (κ1) is 24.8. The predicted molar refractivity (Wildman–Crippen MR) is 134 cm³/mol. The zero-order valence-corrected chi connectivity index (χ0v) is 21.2. The minimum atomic E-state index is -0.259. The van der Waals surface area contributed by atoms with Crippen molar-refractivity contribution < 1.29 is 19.1 Å². The van der Waals surface area contributed by atoms with Crippen molar-refractivity contribution >= 4 is 40.9 Å². The van der Waals surface area contributed by atoms with E-state index in [4.69, 9.17) is 21.1 Å². The Kier molecular flexibility index (Phi) is 7.49. The molecule has 11 heteroatoms. The second kappa shape index (κ2) is 10.6. The minimum absolute atomic E-state index is 0.125. The molecule has 1 fully saturated rings. The van der Waals surface area contributed by atoms with Gasteiger partial charge in [0, 0.05) is 38.8 Å². The van der Waals surface area contributed by atoms with E-state index in [1.165, 1.54) is 11.2 Å². The number of anilines is 3. The van der Waals surface area contributed by atoms with Crippen LogP contribution < -0.4 is 15.0 Å². The molecule has 0 radical (unpaired) electrons. The van der Waals surface area contributed by atoms with Crippen LogP contribution >= 0.6 is 11.6 Å². The predicted octanol–water partition coefficient (Wildman–Crippen LogP) is 3.78. The summed E-state index contributed by atoms with van der Waals surface area (Å²) in [7, 11) is 3.39. The highest BCUT2D eigenvalue weighted by Crippen LogP contribution is 2.39. The monoisotopic (exact) mass is 502 g/mol. The molecule has 0 unspecified atom stereocenters. The molecule has 2 aliphatic heterocycles. The molecular weight excluding hydrogens is 472 g/mol. The third kappa shape index (κ3) is 5.53. The van der Waals surface area contributed by atoms with Gasteiger partial charge in [-0.1, -0.05) is 11.6 Å². The Morgan fingerprint density at radius 3 is 2.60 bits per heavy atom. The maximum absolute atomic E-state index is 12.2. The number of halogens is 1. The molecule has 4 rings (SSSR count). The zero-order valence-electron chi connectivity index (χ0n) is 20.5. The molecular formula is C24H31ClN6O4. The van der Waals surface area contributed by atoms with Crippen LogP contribution in [-0.4, -0.2) is 84.3 Å². The molecule has 0 bridgehead atoms. The van der Waals surface area contributed by atoms with Crippen LogP contribution in [0, 0.1) is 0 Å². The second-order valence-corrected chi connectivity index (χ2v) is 9.49. The molecule has 1 saturated heterocycles. The molecule has 35 heavy (non-hydrogen) atoms. The summed E-state index contributed by atoms with van der Waals surface area (Å²) < 4.78 is 11.3. The summed E-state index contributed by atoms with van der Waals surface area (Å²) in [5.41, 5.74) is 1.11. The molecule has 188 valence electrons. The topological polar surface area (TPSA) is 100 Å². The number of nitrogens with one attached hydrogen (secondary N) is 1. The Labute approximate surface area is 210 Å². The van der Waals surface area contributed by atoms with E-state index in [1.54, 1.807) is 37.2 Å². The van der Waals surface area contributed by atoms with Crippen molar-refractivity contribution in [3.05, 3.63) is 35.1 Å². The molecule has 0 spiro atoms. The summed E-state index contributed by atoms with van der Waals surface area (Å²) in [5.74, 6) is 1.66. The van der Waals surface area contributed by atoms with E-state index in [9.17, 15) is 9.59 Å². The number of fused-ring (bicyclic) bond motifs is 1. The van der Waals surface area contributed by atoms with Crippen LogP contribution in [0.15, 0.2) is 24.5 Å². The van der Waals surface area contributed by atoms with Crippen LogP contribution in [0.3, 0.4) is 0 Å². The Morgan fingerprint density at radius 1 is 1.20 bits per heavy atom. The van der Waals surface area contributed by atoms with Crippen LogP contribution in [0.25, 0.3) is 0 Å². The van der Waals surface area contributed by atoms with E-state index >= 15 is 0 Å². The summed E-state index contributed by atoms with van der Waals surface area (Å²) in [5, 5.41) is 3.63. The quantitative estimate of drug-likeness (QED) is 0.659.